The van der Waals surface area contributed by atoms with E-state index in [9.17, 15) is 4.79 Å². The van der Waals surface area contributed by atoms with Crippen LogP contribution in [0.4, 0.5) is 0 Å². The van der Waals surface area contributed by atoms with Gasteiger partial charge in [0.05, 0.1) is 5.41 Å². The van der Waals surface area contributed by atoms with Crippen LogP contribution in [0.25, 0.3) is 0 Å². The highest BCUT2D eigenvalue weighted by molar-refractivity contribution is 8.00. The predicted molar refractivity (Wildman–Crippen MR) is 71.6 cm³/mol. The number of rotatable bonds is 4. The van der Waals surface area contributed by atoms with Crippen LogP contribution in [0.3, 0.4) is 0 Å². The number of hydrogen-bond acceptors (Lipinski definition) is 2. The summed E-state index contributed by atoms with van der Waals surface area (Å²) < 4.78 is 0. The number of carboxylic acids is 1. The van der Waals surface area contributed by atoms with Crippen LogP contribution in [0.2, 0.25) is 0 Å². The van der Waals surface area contributed by atoms with E-state index in [1.165, 1.54) is 17.1 Å². The van der Waals surface area contributed by atoms with Crippen molar-refractivity contribution in [3.8, 4) is 0 Å². The van der Waals surface area contributed by atoms with Crippen LogP contribution in [0.15, 0.2) is 24.3 Å². The largest absolute Gasteiger partial charge is 0.481 e. The van der Waals surface area contributed by atoms with Crippen molar-refractivity contribution < 1.29 is 9.90 Å². The molecule has 0 unspecified atom stereocenters. The van der Waals surface area contributed by atoms with Crippen LogP contribution in [-0.4, -0.2) is 22.6 Å². The van der Waals surface area contributed by atoms with Crippen LogP contribution >= 0.6 is 11.8 Å². The summed E-state index contributed by atoms with van der Waals surface area (Å²) >= 11 is 1.98. The number of hydrogen-bond donors (Lipinski definition) is 1. The minimum atomic E-state index is -0.739. The van der Waals surface area contributed by atoms with E-state index in [1.54, 1.807) is 13.8 Å². The molecule has 2 nitrogen and oxygen atoms in total. The summed E-state index contributed by atoms with van der Waals surface area (Å²) in [5.74, 6) is 2.42. The van der Waals surface area contributed by atoms with Crippen molar-refractivity contribution in [3.05, 3.63) is 35.4 Å². The smallest absolute Gasteiger partial charge is 0.309 e. The third-order valence-electron chi connectivity index (χ3n) is 3.31. The second-order valence-corrected chi connectivity index (χ2v) is 6.42. The van der Waals surface area contributed by atoms with Crippen LogP contribution < -0.4 is 0 Å². The highest BCUT2D eigenvalue weighted by Gasteiger charge is 2.27. The lowest BCUT2D eigenvalue weighted by Crippen LogP contribution is -2.26. The van der Waals surface area contributed by atoms with E-state index < -0.39 is 11.4 Å². The Kier molecular flexibility index (Phi) is 3.48. The standard InChI is InChI=1S/C14H18O2S/c1-14(2,13(15)16)7-10-3-5-11(6-4-10)12-8-17-9-12/h3-6,12H,7-9H2,1-2H3,(H,15,16). The van der Waals surface area contributed by atoms with Gasteiger partial charge in [-0.05, 0) is 31.4 Å². The molecular weight excluding hydrogens is 232 g/mol. The first-order valence-electron chi connectivity index (χ1n) is 5.89. The molecule has 1 N–H and O–H groups in total. The molecule has 0 radical (unpaired) electrons. The fraction of sp³-hybridized carbons (Fsp3) is 0.500. The van der Waals surface area contributed by atoms with Gasteiger partial charge in [-0.3, -0.25) is 4.79 Å². The fourth-order valence-electron chi connectivity index (χ4n) is 1.92. The molecule has 0 aromatic heterocycles. The summed E-state index contributed by atoms with van der Waals surface area (Å²) in [4.78, 5) is 11.1. The molecule has 0 spiro atoms. The number of carboxylic acid groups (broad SMARTS) is 1. The normalized spacial score (nSPS) is 16.6. The van der Waals surface area contributed by atoms with Gasteiger partial charge < -0.3 is 5.11 Å². The minimum Gasteiger partial charge on any atom is -0.481 e. The molecule has 2 rings (SSSR count). The van der Waals surface area contributed by atoms with Crippen molar-refractivity contribution >= 4 is 17.7 Å². The molecule has 17 heavy (non-hydrogen) atoms. The molecule has 0 saturated carbocycles. The van der Waals surface area contributed by atoms with E-state index in [4.69, 9.17) is 5.11 Å². The molecule has 1 aromatic rings. The number of carbonyl (C=O) groups is 1. The molecule has 3 heteroatoms. The lowest BCUT2D eigenvalue weighted by molar-refractivity contribution is -0.146. The molecule has 1 aliphatic heterocycles. The van der Waals surface area contributed by atoms with Crippen molar-refractivity contribution in [1.29, 1.82) is 0 Å². The van der Waals surface area contributed by atoms with Gasteiger partial charge in [0, 0.05) is 17.4 Å². The van der Waals surface area contributed by atoms with Crippen LogP contribution in [0.1, 0.15) is 30.9 Å². The van der Waals surface area contributed by atoms with E-state index in [0.29, 0.717) is 12.3 Å². The predicted octanol–water partition coefficient (Wildman–Crippen LogP) is 3.17. The summed E-state index contributed by atoms with van der Waals surface area (Å²) in [5.41, 5.74) is 1.81. The minimum absolute atomic E-state index is 0.585. The summed E-state index contributed by atoms with van der Waals surface area (Å²) in [5, 5.41) is 9.09. The van der Waals surface area contributed by atoms with Crippen molar-refractivity contribution in [2.75, 3.05) is 11.5 Å². The van der Waals surface area contributed by atoms with E-state index in [-0.39, 0.29) is 0 Å². The van der Waals surface area contributed by atoms with Crippen LogP contribution in [0.5, 0.6) is 0 Å². The Morgan fingerprint density at radius 2 is 1.94 bits per heavy atom. The van der Waals surface area contributed by atoms with Crippen molar-refractivity contribution in [2.45, 2.75) is 26.2 Å². The highest BCUT2D eigenvalue weighted by Crippen LogP contribution is 2.34. The van der Waals surface area contributed by atoms with Crippen molar-refractivity contribution in [3.63, 3.8) is 0 Å². The molecular formula is C14H18O2S. The Bertz CT molecular complexity index is 405. The van der Waals surface area contributed by atoms with Gasteiger partial charge in [0.2, 0.25) is 0 Å². The maximum atomic E-state index is 11.1. The second kappa shape index (κ2) is 4.73. The molecule has 1 aromatic carbocycles. The van der Waals surface area contributed by atoms with Gasteiger partial charge in [-0.1, -0.05) is 24.3 Å². The van der Waals surface area contributed by atoms with Gasteiger partial charge >= 0.3 is 5.97 Å². The molecule has 0 atom stereocenters. The number of benzene rings is 1. The average Bonchev–Trinajstić information content (AvgIpc) is 2.17. The fourth-order valence-corrected chi connectivity index (χ4v) is 2.78. The van der Waals surface area contributed by atoms with Crippen molar-refractivity contribution in [2.24, 2.45) is 5.41 Å². The van der Waals surface area contributed by atoms with Crippen molar-refractivity contribution in [1.82, 2.24) is 0 Å². The van der Waals surface area contributed by atoms with E-state index >= 15 is 0 Å². The number of aliphatic carboxylic acids is 1. The first-order chi connectivity index (χ1) is 7.99. The zero-order valence-electron chi connectivity index (χ0n) is 10.3. The Morgan fingerprint density at radius 3 is 2.35 bits per heavy atom. The summed E-state index contributed by atoms with van der Waals surface area (Å²) in [7, 11) is 0. The average molecular weight is 250 g/mol. The molecule has 1 saturated heterocycles. The molecule has 0 bridgehead atoms. The van der Waals surface area contributed by atoms with Gasteiger partial charge in [-0.15, -0.1) is 0 Å². The van der Waals surface area contributed by atoms with Crippen LogP contribution in [0, 0.1) is 5.41 Å². The van der Waals surface area contributed by atoms with Gasteiger partial charge in [-0.2, -0.15) is 11.8 Å². The van der Waals surface area contributed by atoms with E-state index in [2.05, 4.69) is 24.3 Å². The SMILES string of the molecule is CC(C)(Cc1ccc(C2CSC2)cc1)C(=O)O. The maximum Gasteiger partial charge on any atom is 0.309 e. The van der Waals surface area contributed by atoms with Crippen LogP contribution in [-0.2, 0) is 11.2 Å². The Balaban J connectivity index is 2.05. The molecule has 1 fully saturated rings. The quantitative estimate of drug-likeness (QED) is 0.892. The summed E-state index contributed by atoms with van der Waals surface area (Å²) in [6.45, 7) is 3.54. The lowest BCUT2D eigenvalue weighted by Gasteiger charge is -2.25. The summed E-state index contributed by atoms with van der Waals surface area (Å²) in [6.07, 6.45) is 0.585. The maximum absolute atomic E-state index is 11.1. The molecule has 1 heterocycles. The van der Waals surface area contributed by atoms with E-state index in [1.807, 2.05) is 11.8 Å². The molecule has 92 valence electrons. The monoisotopic (exact) mass is 250 g/mol. The first-order valence-corrected chi connectivity index (χ1v) is 7.04. The summed E-state index contributed by atoms with van der Waals surface area (Å²) in [6, 6.07) is 8.45. The third kappa shape index (κ3) is 2.83. The Morgan fingerprint density at radius 1 is 1.35 bits per heavy atom. The first kappa shape index (κ1) is 12.5. The molecule has 0 amide bonds. The van der Waals surface area contributed by atoms with Gasteiger partial charge in [0.15, 0.2) is 0 Å². The lowest BCUT2D eigenvalue weighted by atomic mass is 9.85. The third-order valence-corrected chi connectivity index (χ3v) is 4.59. The van der Waals surface area contributed by atoms with E-state index in [0.717, 1.165) is 5.56 Å². The zero-order chi connectivity index (χ0) is 12.5. The molecule has 1 aliphatic rings. The Labute approximate surface area is 106 Å². The van der Waals surface area contributed by atoms with Gasteiger partial charge in [-0.25, -0.2) is 0 Å². The van der Waals surface area contributed by atoms with Gasteiger partial charge in [0.25, 0.3) is 0 Å². The topological polar surface area (TPSA) is 37.3 Å². The molecule has 0 aliphatic carbocycles. The zero-order valence-corrected chi connectivity index (χ0v) is 11.1. The number of thioether (sulfide) groups is 1. The highest BCUT2D eigenvalue weighted by atomic mass is 32.2. The second-order valence-electron chi connectivity index (χ2n) is 5.34. The van der Waals surface area contributed by atoms with Gasteiger partial charge in [0.1, 0.15) is 0 Å². The Hall–Kier alpha value is -0.960.